The van der Waals surface area contributed by atoms with Gasteiger partial charge in [0.25, 0.3) is 0 Å². The van der Waals surface area contributed by atoms with Crippen molar-refractivity contribution in [2.45, 2.75) is 112 Å². The first kappa shape index (κ1) is 30.5. The lowest BCUT2D eigenvalue weighted by atomic mass is 9.96. The molecule has 0 fully saturated rings. The van der Waals surface area contributed by atoms with Crippen molar-refractivity contribution < 1.29 is 19.1 Å². The van der Waals surface area contributed by atoms with E-state index in [0.717, 1.165) is 30.4 Å². The molecule has 2 atom stereocenters. The van der Waals surface area contributed by atoms with Crippen molar-refractivity contribution in [3.8, 4) is 0 Å². The van der Waals surface area contributed by atoms with Gasteiger partial charge in [-0.2, -0.15) is 0 Å². The van der Waals surface area contributed by atoms with Crippen LogP contribution < -0.4 is 10.6 Å². The number of rotatable bonds is 12. The minimum absolute atomic E-state index is 0.0760. The van der Waals surface area contributed by atoms with Crippen molar-refractivity contribution in [1.29, 1.82) is 0 Å². The van der Waals surface area contributed by atoms with Crippen LogP contribution in [0.5, 0.6) is 0 Å². The average Bonchev–Trinajstić information content (AvgIpc) is 2.71. The summed E-state index contributed by atoms with van der Waals surface area (Å²) in [5.41, 5.74) is 1.04. The molecule has 7 nitrogen and oxygen atoms in total. The summed E-state index contributed by atoms with van der Waals surface area (Å²) in [6, 6.07) is 5.99. The fourth-order valence-electron chi connectivity index (χ4n) is 3.95. The van der Waals surface area contributed by atoms with Gasteiger partial charge in [-0.3, -0.25) is 9.59 Å². The summed E-state index contributed by atoms with van der Waals surface area (Å²) in [6.45, 7) is 17.6. The second-order valence-corrected chi connectivity index (χ2v) is 11.0. The quantitative estimate of drug-likeness (QED) is 0.379. The number of carbonyl (C=O) groups excluding carboxylic acids is 3. The van der Waals surface area contributed by atoms with Crippen molar-refractivity contribution in [2.75, 3.05) is 6.54 Å². The Hall–Kier alpha value is -2.57. The lowest BCUT2D eigenvalue weighted by Gasteiger charge is -2.36. The molecular weight excluding hydrogens is 442 g/mol. The third-order valence-electron chi connectivity index (χ3n) is 5.46. The third-order valence-corrected chi connectivity index (χ3v) is 5.46. The van der Waals surface area contributed by atoms with Gasteiger partial charge in [-0.05, 0) is 71.4 Å². The van der Waals surface area contributed by atoms with Crippen LogP contribution in [-0.4, -0.2) is 47.0 Å². The van der Waals surface area contributed by atoms with Gasteiger partial charge in [0.1, 0.15) is 17.7 Å². The van der Waals surface area contributed by atoms with E-state index in [1.807, 2.05) is 58.9 Å². The standard InChI is InChI=1S/C28H47N3O4/c1-10-11-14-17-31(24(25(32)29-20(4)5)22-16-13-12-15-21(22)6)26(33)23(18-19(2)3)30-27(34)35-28(7,8)9/h12-13,15-16,19-20,23-24H,10-11,14,17-18H2,1-9H3,(H,29,32)(H,30,34). The van der Waals surface area contributed by atoms with E-state index in [1.165, 1.54) is 0 Å². The van der Waals surface area contributed by atoms with Crippen molar-refractivity contribution >= 4 is 17.9 Å². The van der Waals surface area contributed by atoms with E-state index < -0.39 is 23.8 Å². The second kappa shape index (κ2) is 14.1. The average molecular weight is 490 g/mol. The first-order chi connectivity index (χ1) is 16.3. The van der Waals surface area contributed by atoms with E-state index in [0.29, 0.717) is 13.0 Å². The normalized spacial score (nSPS) is 13.3. The largest absolute Gasteiger partial charge is 0.444 e. The van der Waals surface area contributed by atoms with E-state index in [-0.39, 0.29) is 23.8 Å². The fourth-order valence-corrected chi connectivity index (χ4v) is 3.95. The number of ether oxygens (including phenoxy) is 1. The minimum Gasteiger partial charge on any atom is -0.444 e. The van der Waals surface area contributed by atoms with Gasteiger partial charge < -0.3 is 20.3 Å². The van der Waals surface area contributed by atoms with Crippen molar-refractivity contribution in [3.63, 3.8) is 0 Å². The van der Waals surface area contributed by atoms with Gasteiger partial charge in [-0.25, -0.2) is 4.79 Å². The highest BCUT2D eigenvalue weighted by atomic mass is 16.6. The van der Waals surface area contributed by atoms with Crippen LogP contribution in [-0.2, 0) is 14.3 Å². The van der Waals surface area contributed by atoms with Gasteiger partial charge >= 0.3 is 6.09 Å². The third kappa shape index (κ3) is 10.7. The number of hydrogen-bond donors (Lipinski definition) is 2. The Morgan fingerprint density at radius 2 is 1.63 bits per heavy atom. The van der Waals surface area contributed by atoms with Crippen LogP contribution in [0.3, 0.4) is 0 Å². The molecule has 0 saturated heterocycles. The lowest BCUT2D eigenvalue weighted by molar-refractivity contribution is -0.143. The maximum absolute atomic E-state index is 14.1. The van der Waals surface area contributed by atoms with E-state index in [4.69, 9.17) is 4.74 Å². The summed E-state index contributed by atoms with van der Waals surface area (Å²) < 4.78 is 5.44. The van der Waals surface area contributed by atoms with Crippen LogP contribution in [0.4, 0.5) is 4.79 Å². The number of nitrogens with one attached hydrogen (secondary N) is 2. The van der Waals surface area contributed by atoms with Crippen LogP contribution >= 0.6 is 0 Å². The summed E-state index contributed by atoms with van der Waals surface area (Å²) in [5, 5.41) is 5.79. The fraction of sp³-hybridized carbons (Fsp3) is 0.679. The summed E-state index contributed by atoms with van der Waals surface area (Å²) in [7, 11) is 0. The first-order valence-electron chi connectivity index (χ1n) is 12.9. The highest BCUT2D eigenvalue weighted by Crippen LogP contribution is 2.27. The van der Waals surface area contributed by atoms with Crippen LogP contribution in [0.25, 0.3) is 0 Å². The summed E-state index contributed by atoms with van der Waals surface area (Å²) in [4.78, 5) is 41.9. The summed E-state index contributed by atoms with van der Waals surface area (Å²) in [6.07, 6.45) is 2.49. The zero-order chi connectivity index (χ0) is 26.8. The number of benzene rings is 1. The minimum atomic E-state index is -0.801. The van der Waals surface area contributed by atoms with Crippen molar-refractivity contribution in [3.05, 3.63) is 35.4 Å². The number of amides is 3. The molecule has 198 valence electrons. The van der Waals surface area contributed by atoms with E-state index >= 15 is 0 Å². The molecule has 2 N–H and O–H groups in total. The Labute approximate surface area is 212 Å². The Kier molecular flexibility index (Phi) is 12.3. The maximum Gasteiger partial charge on any atom is 0.408 e. The van der Waals surface area contributed by atoms with Gasteiger partial charge in [-0.15, -0.1) is 0 Å². The number of hydrogen-bond acceptors (Lipinski definition) is 4. The molecular formula is C28H47N3O4. The smallest absolute Gasteiger partial charge is 0.408 e. The molecule has 0 aliphatic rings. The van der Waals surface area contributed by atoms with E-state index in [2.05, 4.69) is 17.6 Å². The molecule has 1 aromatic rings. The maximum atomic E-state index is 14.1. The van der Waals surface area contributed by atoms with Crippen LogP contribution in [0.2, 0.25) is 0 Å². The molecule has 0 aromatic heterocycles. The van der Waals surface area contributed by atoms with Crippen LogP contribution in [0.15, 0.2) is 24.3 Å². The molecule has 7 heteroatoms. The van der Waals surface area contributed by atoms with Gasteiger partial charge in [0.05, 0.1) is 0 Å². The van der Waals surface area contributed by atoms with Crippen LogP contribution in [0, 0.1) is 12.8 Å². The van der Waals surface area contributed by atoms with Crippen molar-refractivity contribution in [1.82, 2.24) is 15.5 Å². The van der Waals surface area contributed by atoms with Crippen LogP contribution in [0.1, 0.15) is 98.2 Å². The molecule has 0 saturated carbocycles. The SMILES string of the molecule is CCCCCN(C(=O)C(CC(C)C)NC(=O)OC(C)(C)C)C(C(=O)NC(C)C)c1ccccc1C. The predicted octanol–water partition coefficient (Wildman–Crippen LogP) is 5.52. The monoisotopic (exact) mass is 489 g/mol. The number of nitrogens with zero attached hydrogens (tertiary/aromatic N) is 1. The molecule has 0 aliphatic carbocycles. The Morgan fingerprint density at radius 1 is 1.00 bits per heavy atom. The predicted molar refractivity (Wildman–Crippen MR) is 141 cm³/mol. The van der Waals surface area contributed by atoms with Gasteiger partial charge in [0.2, 0.25) is 11.8 Å². The number of aryl methyl sites for hydroxylation is 1. The Balaban J connectivity index is 3.48. The van der Waals surface area contributed by atoms with Gasteiger partial charge in [-0.1, -0.05) is 57.9 Å². The van der Waals surface area contributed by atoms with Gasteiger partial charge in [0.15, 0.2) is 0 Å². The highest BCUT2D eigenvalue weighted by Gasteiger charge is 2.37. The number of alkyl carbamates (subject to hydrolysis) is 1. The Bertz CT molecular complexity index is 830. The highest BCUT2D eigenvalue weighted by molar-refractivity contribution is 5.92. The van der Waals surface area contributed by atoms with Crippen molar-refractivity contribution in [2.24, 2.45) is 5.92 Å². The molecule has 0 heterocycles. The molecule has 3 amide bonds. The second-order valence-electron chi connectivity index (χ2n) is 11.0. The number of carbonyl (C=O) groups is 3. The number of unbranched alkanes of at least 4 members (excludes halogenated alkanes) is 2. The first-order valence-corrected chi connectivity index (χ1v) is 12.9. The molecule has 0 aliphatic heterocycles. The molecule has 0 radical (unpaired) electrons. The van der Waals surface area contributed by atoms with Gasteiger partial charge in [0, 0.05) is 12.6 Å². The Morgan fingerprint density at radius 3 is 2.14 bits per heavy atom. The zero-order valence-corrected chi connectivity index (χ0v) is 23.2. The van der Waals surface area contributed by atoms with E-state index in [9.17, 15) is 14.4 Å². The summed E-state index contributed by atoms with van der Waals surface area (Å²) in [5.74, 6) is -0.342. The van der Waals surface area contributed by atoms with E-state index in [1.54, 1.807) is 25.7 Å². The molecule has 1 aromatic carbocycles. The molecule has 0 spiro atoms. The lowest BCUT2D eigenvalue weighted by Crippen LogP contribution is -2.54. The molecule has 2 unspecified atom stereocenters. The molecule has 0 bridgehead atoms. The molecule has 35 heavy (non-hydrogen) atoms. The topological polar surface area (TPSA) is 87.7 Å². The molecule has 1 rings (SSSR count). The zero-order valence-electron chi connectivity index (χ0n) is 23.2. The summed E-state index contributed by atoms with van der Waals surface area (Å²) >= 11 is 0.